The number of rotatable bonds is 7. The minimum atomic E-state index is -0.496. The Hall–Kier alpha value is -2.94. The normalized spacial score (nSPS) is 15.3. The van der Waals surface area contributed by atoms with Crippen molar-refractivity contribution in [2.24, 2.45) is 0 Å². The molecule has 0 radical (unpaired) electrons. The molecule has 0 aliphatic carbocycles. The summed E-state index contributed by atoms with van der Waals surface area (Å²) in [6.45, 7) is 2.89. The molecule has 3 aromatic rings. The third kappa shape index (κ3) is 5.90. The number of nitrogens with one attached hydrogen (secondary N) is 2. The van der Waals surface area contributed by atoms with Gasteiger partial charge in [-0.25, -0.2) is 4.39 Å². The Bertz CT molecular complexity index is 1180. The van der Waals surface area contributed by atoms with Crippen LogP contribution < -0.4 is 15.4 Å². The number of carbonyl (C=O) groups is 2. The lowest BCUT2D eigenvalue weighted by molar-refractivity contribution is 0.0682. The van der Waals surface area contributed by atoms with Crippen molar-refractivity contribution in [1.29, 1.82) is 0 Å². The van der Waals surface area contributed by atoms with Gasteiger partial charge >= 0.3 is 0 Å². The highest BCUT2D eigenvalue weighted by atomic mass is 35.5. The highest BCUT2D eigenvalue weighted by Gasteiger charge is 2.20. The number of ether oxygens (including phenoxy) is 2. The number of hydrogen-bond donors (Lipinski definition) is 2. The Morgan fingerprint density at radius 3 is 2.79 bits per heavy atom. The maximum Gasteiger partial charge on any atom is 0.266 e. The molecule has 1 atom stereocenters. The summed E-state index contributed by atoms with van der Waals surface area (Å²) in [6, 6.07) is 12.1. The van der Waals surface area contributed by atoms with E-state index >= 15 is 0 Å². The Morgan fingerprint density at radius 2 is 2.03 bits per heavy atom. The second-order valence-electron chi connectivity index (χ2n) is 7.63. The number of thiophene rings is 1. The van der Waals surface area contributed by atoms with Gasteiger partial charge in [0.1, 0.15) is 18.2 Å². The van der Waals surface area contributed by atoms with Gasteiger partial charge in [-0.2, -0.15) is 0 Å². The molecule has 0 bridgehead atoms. The SMILES string of the molecule is Cc1cc(NC(=O)c2cccc(F)c2)sc1C(=O)Nc1cc(Cl)ccc1OCC1CCCO1. The van der Waals surface area contributed by atoms with Crippen LogP contribution in [0.15, 0.2) is 48.5 Å². The summed E-state index contributed by atoms with van der Waals surface area (Å²) in [5.41, 5.74) is 1.33. The van der Waals surface area contributed by atoms with Crippen molar-refractivity contribution >= 4 is 45.4 Å². The molecule has 1 fully saturated rings. The van der Waals surface area contributed by atoms with Crippen LogP contribution in [0, 0.1) is 12.7 Å². The van der Waals surface area contributed by atoms with Gasteiger partial charge < -0.3 is 20.1 Å². The molecule has 2 amide bonds. The van der Waals surface area contributed by atoms with Gasteiger partial charge in [0.05, 0.1) is 21.7 Å². The fourth-order valence-electron chi connectivity index (χ4n) is 3.45. The average Bonchev–Trinajstić information content (AvgIpc) is 3.42. The fraction of sp³-hybridized carbons (Fsp3) is 0.250. The van der Waals surface area contributed by atoms with Crippen LogP contribution in [0.1, 0.15) is 38.4 Å². The number of aryl methyl sites for hydroxylation is 1. The predicted octanol–water partition coefficient (Wildman–Crippen LogP) is 5.91. The molecular formula is C24H22ClFN2O4S. The third-order valence-electron chi connectivity index (χ3n) is 5.09. The van der Waals surface area contributed by atoms with Gasteiger partial charge in [0, 0.05) is 17.2 Å². The standard InChI is InChI=1S/C24H22ClFN2O4S/c1-14-10-21(28-23(29)15-4-2-5-17(26)11-15)33-22(14)24(30)27-19-12-16(25)7-8-20(19)32-13-18-6-3-9-31-18/h2,4-5,7-8,10-12,18H,3,6,9,13H2,1H3,(H,27,30)(H,28,29). The van der Waals surface area contributed by atoms with Gasteiger partial charge in [0.2, 0.25) is 0 Å². The maximum atomic E-state index is 13.4. The summed E-state index contributed by atoms with van der Waals surface area (Å²) < 4.78 is 24.9. The van der Waals surface area contributed by atoms with E-state index in [2.05, 4.69) is 10.6 Å². The maximum absolute atomic E-state index is 13.4. The van der Waals surface area contributed by atoms with Gasteiger partial charge in [-0.3, -0.25) is 9.59 Å². The van der Waals surface area contributed by atoms with E-state index in [1.54, 1.807) is 31.2 Å². The molecule has 2 N–H and O–H groups in total. The molecule has 6 nitrogen and oxygen atoms in total. The van der Waals surface area contributed by atoms with E-state index in [9.17, 15) is 14.0 Å². The van der Waals surface area contributed by atoms with Crippen molar-refractivity contribution in [1.82, 2.24) is 0 Å². The van der Waals surface area contributed by atoms with Gasteiger partial charge in [0.15, 0.2) is 0 Å². The van der Waals surface area contributed by atoms with Crippen molar-refractivity contribution in [2.75, 3.05) is 23.8 Å². The second-order valence-corrected chi connectivity index (χ2v) is 9.12. The van der Waals surface area contributed by atoms with Crippen LogP contribution in [-0.2, 0) is 4.74 Å². The largest absolute Gasteiger partial charge is 0.489 e. The van der Waals surface area contributed by atoms with Gasteiger partial charge in [-0.05, 0) is 67.8 Å². The van der Waals surface area contributed by atoms with Crippen LogP contribution in [0.3, 0.4) is 0 Å². The molecule has 0 saturated carbocycles. The Kier molecular flexibility index (Phi) is 7.27. The van der Waals surface area contributed by atoms with Crippen LogP contribution in [0.5, 0.6) is 5.75 Å². The fourth-order valence-corrected chi connectivity index (χ4v) is 4.58. The number of halogens is 2. The molecular weight excluding hydrogens is 467 g/mol. The van der Waals surface area contributed by atoms with Crippen LogP contribution >= 0.6 is 22.9 Å². The van der Waals surface area contributed by atoms with E-state index in [4.69, 9.17) is 21.1 Å². The van der Waals surface area contributed by atoms with Gasteiger partial charge in [0.25, 0.3) is 11.8 Å². The first kappa shape index (κ1) is 23.2. The number of hydrogen-bond acceptors (Lipinski definition) is 5. The monoisotopic (exact) mass is 488 g/mol. The Balaban J connectivity index is 1.46. The van der Waals surface area contributed by atoms with Gasteiger partial charge in [-0.1, -0.05) is 17.7 Å². The molecule has 2 heterocycles. The molecule has 9 heteroatoms. The summed E-state index contributed by atoms with van der Waals surface area (Å²) in [5.74, 6) is -0.809. The number of amides is 2. The van der Waals surface area contributed by atoms with Crippen molar-refractivity contribution in [3.8, 4) is 5.75 Å². The first-order valence-corrected chi connectivity index (χ1v) is 11.6. The molecule has 0 spiro atoms. The van der Waals surface area contributed by atoms with Crippen LogP contribution in [0.25, 0.3) is 0 Å². The minimum absolute atomic E-state index is 0.0352. The van der Waals surface area contributed by atoms with Crippen molar-refractivity contribution in [2.45, 2.75) is 25.9 Å². The van der Waals surface area contributed by atoms with E-state index in [1.807, 2.05) is 0 Å². The van der Waals surface area contributed by atoms with Crippen molar-refractivity contribution in [3.63, 3.8) is 0 Å². The lowest BCUT2D eigenvalue weighted by Gasteiger charge is -2.15. The average molecular weight is 489 g/mol. The van der Waals surface area contributed by atoms with E-state index < -0.39 is 11.7 Å². The van der Waals surface area contributed by atoms with E-state index in [0.29, 0.717) is 38.5 Å². The number of anilines is 2. The third-order valence-corrected chi connectivity index (χ3v) is 6.47. The summed E-state index contributed by atoms with van der Waals surface area (Å²) in [6.07, 6.45) is 1.98. The lowest BCUT2D eigenvalue weighted by atomic mass is 10.2. The molecule has 1 unspecified atom stereocenters. The Morgan fingerprint density at radius 1 is 1.18 bits per heavy atom. The predicted molar refractivity (Wildman–Crippen MR) is 127 cm³/mol. The first-order valence-electron chi connectivity index (χ1n) is 10.4. The molecule has 172 valence electrons. The van der Waals surface area contributed by atoms with E-state index in [1.165, 1.54) is 18.2 Å². The van der Waals surface area contributed by atoms with Crippen LogP contribution in [0.2, 0.25) is 5.02 Å². The molecule has 1 aromatic heterocycles. The molecule has 4 rings (SSSR count). The lowest BCUT2D eigenvalue weighted by Crippen LogP contribution is -2.18. The van der Waals surface area contributed by atoms with E-state index in [-0.39, 0.29) is 17.6 Å². The molecule has 1 saturated heterocycles. The zero-order valence-corrected chi connectivity index (χ0v) is 19.4. The zero-order valence-electron chi connectivity index (χ0n) is 17.8. The first-order chi connectivity index (χ1) is 15.9. The van der Waals surface area contributed by atoms with Crippen LogP contribution in [0.4, 0.5) is 15.1 Å². The summed E-state index contributed by atoms with van der Waals surface area (Å²) in [4.78, 5) is 25.8. The highest BCUT2D eigenvalue weighted by Crippen LogP contribution is 2.32. The minimum Gasteiger partial charge on any atom is -0.489 e. The second kappa shape index (κ2) is 10.3. The van der Waals surface area contributed by atoms with Crippen LogP contribution in [-0.4, -0.2) is 31.1 Å². The number of carbonyl (C=O) groups excluding carboxylic acids is 2. The molecule has 1 aliphatic rings. The Labute approximate surface area is 199 Å². The van der Waals surface area contributed by atoms with E-state index in [0.717, 1.165) is 36.9 Å². The summed E-state index contributed by atoms with van der Waals surface area (Å²) >= 11 is 7.26. The highest BCUT2D eigenvalue weighted by molar-refractivity contribution is 7.18. The van der Waals surface area contributed by atoms with Gasteiger partial charge in [-0.15, -0.1) is 11.3 Å². The summed E-state index contributed by atoms with van der Waals surface area (Å²) in [7, 11) is 0. The van der Waals surface area contributed by atoms with Crippen molar-refractivity contribution in [3.05, 3.63) is 75.4 Å². The summed E-state index contributed by atoms with van der Waals surface area (Å²) in [5, 5.41) is 6.50. The molecule has 1 aliphatic heterocycles. The molecule has 33 heavy (non-hydrogen) atoms. The number of benzene rings is 2. The topological polar surface area (TPSA) is 76.7 Å². The quantitative estimate of drug-likeness (QED) is 0.433. The van der Waals surface area contributed by atoms with Crippen molar-refractivity contribution < 1.29 is 23.5 Å². The zero-order chi connectivity index (χ0) is 23.4. The molecule has 2 aromatic carbocycles. The smallest absolute Gasteiger partial charge is 0.266 e.